The Kier molecular flexibility index (Phi) is 4.26. The zero-order valence-electron chi connectivity index (χ0n) is 6.48. The lowest BCUT2D eigenvalue weighted by Crippen LogP contribution is -2.45. The van der Waals surface area contributed by atoms with Crippen LogP contribution in [-0.2, 0) is 0 Å². The number of piperidine rings is 1. The van der Waals surface area contributed by atoms with Gasteiger partial charge >= 0.3 is 0 Å². The first-order valence-electron chi connectivity index (χ1n) is 3.80. The van der Waals surface area contributed by atoms with Gasteiger partial charge in [-0.25, -0.2) is 0 Å². The maximum atomic E-state index is 4.50. The summed E-state index contributed by atoms with van der Waals surface area (Å²) in [5.74, 6) is 0.695. The molecule has 1 N–H and O–H groups in total. The average Bonchev–Trinajstić information content (AvgIpc) is 1.85. The van der Waals surface area contributed by atoms with Crippen molar-refractivity contribution in [1.29, 1.82) is 0 Å². The van der Waals surface area contributed by atoms with E-state index in [4.69, 9.17) is 0 Å². The summed E-state index contributed by atoms with van der Waals surface area (Å²) in [6.45, 7) is 4.46. The molecule has 1 aliphatic heterocycles. The summed E-state index contributed by atoms with van der Waals surface area (Å²) >= 11 is 9.64. The summed E-state index contributed by atoms with van der Waals surface area (Å²) in [6.07, 6.45) is 1.25. The maximum Gasteiger partial charge on any atom is 0.0797 e. The molecule has 0 aromatic carbocycles. The zero-order valence-corrected chi connectivity index (χ0v) is 11.7. The Hall–Kier alpha value is 1.77. The molecule has 0 aromatic heterocycles. The number of halogens is 2. The van der Waals surface area contributed by atoms with E-state index in [0.29, 0.717) is 12.6 Å². The van der Waals surface area contributed by atoms with Gasteiger partial charge in [0.15, 0.2) is 0 Å². The molecular formula is C7H13I2NS. The molecule has 1 heterocycles. The van der Waals surface area contributed by atoms with Gasteiger partial charge in [0.25, 0.3) is 0 Å². The highest BCUT2D eigenvalue weighted by molar-refractivity contribution is 14.2. The molecule has 1 rings (SSSR count). The fourth-order valence-corrected chi connectivity index (χ4v) is 4.36. The van der Waals surface area contributed by atoms with E-state index in [1.807, 2.05) is 0 Å². The predicted molar refractivity (Wildman–Crippen MR) is 70.2 cm³/mol. The van der Waals surface area contributed by atoms with Crippen molar-refractivity contribution in [3.8, 4) is 0 Å². The fourth-order valence-electron chi connectivity index (χ4n) is 1.37. The van der Waals surface area contributed by atoms with Gasteiger partial charge in [-0.2, -0.15) is 12.6 Å². The summed E-state index contributed by atoms with van der Waals surface area (Å²) in [4.78, 5) is 0. The fraction of sp³-hybridized carbons (Fsp3) is 1.00. The molecule has 4 heteroatoms. The van der Waals surface area contributed by atoms with Crippen LogP contribution in [0.4, 0.5) is 0 Å². The molecule has 0 saturated carbocycles. The minimum absolute atomic E-state index is 0.419. The Morgan fingerprint density at radius 1 is 1.64 bits per heavy atom. The van der Waals surface area contributed by atoms with E-state index in [1.165, 1.54) is 6.42 Å². The molecule has 1 fully saturated rings. The number of hydrogen-bond donors (Lipinski definition) is 2. The quantitative estimate of drug-likeness (QED) is 0.394. The van der Waals surface area contributed by atoms with Crippen LogP contribution in [0.25, 0.3) is 0 Å². The first-order chi connectivity index (χ1) is 5.04. The molecule has 66 valence electrons. The van der Waals surface area contributed by atoms with E-state index in [9.17, 15) is 0 Å². The van der Waals surface area contributed by atoms with Crippen LogP contribution in [0.2, 0.25) is 0 Å². The van der Waals surface area contributed by atoms with E-state index < -0.39 is 0 Å². The van der Waals surface area contributed by atoms with Crippen LogP contribution < -0.4 is 5.32 Å². The molecule has 1 aliphatic rings. The monoisotopic (exact) mass is 397 g/mol. The third kappa shape index (κ3) is 2.87. The van der Waals surface area contributed by atoms with Crippen molar-refractivity contribution in [2.45, 2.75) is 20.0 Å². The van der Waals surface area contributed by atoms with Crippen molar-refractivity contribution in [3.63, 3.8) is 0 Å². The van der Waals surface area contributed by atoms with Gasteiger partial charge in [0, 0.05) is 17.7 Å². The normalized spacial score (nSPS) is 33.3. The second-order valence-electron chi connectivity index (χ2n) is 3.06. The van der Waals surface area contributed by atoms with Crippen molar-refractivity contribution in [2.75, 3.05) is 13.1 Å². The second kappa shape index (κ2) is 4.32. The molecule has 0 radical (unpaired) electrons. The van der Waals surface area contributed by atoms with Gasteiger partial charge in [0.05, 0.1) is 1.43 Å². The lowest BCUT2D eigenvalue weighted by molar-refractivity contribution is 0.389. The lowest BCUT2D eigenvalue weighted by atomic mass is 9.96. The summed E-state index contributed by atoms with van der Waals surface area (Å²) in [7, 11) is 0. The second-order valence-corrected chi connectivity index (χ2v) is 9.79. The smallest absolute Gasteiger partial charge is 0.0797 e. The topological polar surface area (TPSA) is 12.0 Å². The van der Waals surface area contributed by atoms with Crippen LogP contribution in [0.15, 0.2) is 0 Å². The molecular weight excluding hydrogens is 384 g/mol. The van der Waals surface area contributed by atoms with Gasteiger partial charge in [-0.15, -0.1) is 0 Å². The molecule has 0 aliphatic carbocycles. The third-order valence-electron chi connectivity index (χ3n) is 2.12. The van der Waals surface area contributed by atoms with Crippen molar-refractivity contribution in [3.05, 3.63) is 0 Å². The Bertz CT molecular complexity index is 138. The summed E-state index contributed by atoms with van der Waals surface area (Å²) < 4.78 is 0.419. The number of thiol groups is 1. The van der Waals surface area contributed by atoms with Crippen LogP contribution in [0, 0.1) is 5.92 Å². The molecule has 1 saturated heterocycles. The van der Waals surface area contributed by atoms with E-state index in [-0.39, 0.29) is 0 Å². The van der Waals surface area contributed by atoms with Crippen LogP contribution >= 0.6 is 57.8 Å². The minimum Gasteiger partial charge on any atom is -0.316 e. The molecule has 1 nitrogen and oxygen atoms in total. The van der Waals surface area contributed by atoms with Crippen molar-refractivity contribution < 1.29 is 0 Å². The molecule has 0 bridgehead atoms. The van der Waals surface area contributed by atoms with Crippen molar-refractivity contribution in [1.82, 2.24) is 5.32 Å². The highest BCUT2D eigenvalue weighted by Crippen LogP contribution is 2.43. The first kappa shape index (κ1) is 10.8. The van der Waals surface area contributed by atoms with Crippen LogP contribution in [0.1, 0.15) is 13.3 Å². The van der Waals surface area contributed by atoms with Crippen LogP contribution in [-0.4, -0.2) is 19.8 Å². The number of alkyl halides is 2. The van der Waals surface area contributed by atoms with Crippen molar-refractivity contribution in [2.24, 2.45) is 5.92 Å². The minimum atomic E-state index is 0.419. The molecule has 0 spiro atoms. The van der Waals surface area contributed by atoms with E-state index in [2.05, 4.69) is 70.1 Å². The Labute approximate surface area is 101 Å². The number of hydrogen-bond acceptors (Lipinski definition) is 2. The van der Waals surface area contributed by atoms with E-state index in [1.54, 1.807) is 0 Å². The summed E-state index contributed by atoms with van der Waals surface area (Å²) in [5.41, 5.74) is 0. The Morgan fingerprint density at radius 2 is 2.27 bits per heavy atom. The standard InChI is InChI=1S/C7H13I2NS/c1-5(11)6-4-10-3-2-7(6,8)9/h5-6,10-11H,2-4H2,1H3. The predicted octanol–water partition coefficient (Wildman–Crippen LogP) is 2.48. The zero-order chi connectivity index (χ0) is 8.48. The highest BCUT2D eigenvalue weighted by Gasteiger charge is 2.37. The average molecular weight is 397 g/mol. The SMILES string of the molecule is CC(S)C1CNCCC1(I)I. The Morgan fingerprint density at radius 3 is 2.64 bits per heavy atom. The van der Waals surface area contributed by atoms with Crippen LogP contribution in [0.5, 0.6) is 0 Å². The van der Waals surface area contributed by atoms with E-state index in [0.717, 1.165) is 13.1 Å². The molecule has 0 amide bonds. The first-order valence-corrected chi connectivity index (χ1v) is 6.48. The summed E-state index contributed by atoms with van der Waals surface area (Å²) in [6, 6.07) is 0. The van der Waals surface area contributed by atoms with Crippen molar-refractivity contribution >= 4 is 57.8 Å². The van der Waals surface area contributed by atoms with Gasteiger partial charge in [0.2, 0.25) is 0 Å². The molecule has 2 atom stereocenters. The molecule has 11 heavy (non-hydrogen) atoms. The maximum absolute atomic E-state index is 4.50. The largest absolute Gasteiger partial charge is 0.316 e. The third-order valence-corrected chi connectivity index (χ3v) is 5.16. The van der Waals surface area contributed by atoms with Gasteiger partial charge in [-0.1, -0.05) is 52.1 Å². The van der Waals surface area contributed by atoms with Gasteiger partial charge < -0.3 is 5.32 Å². The lowest BCUT2D eigenvalue weighted by Gasteiger charge is -2.37. The molecule has 0 aromatic rings. The van der Waals surface area contributed by atoms with Crippen LogP contribution in [0.3, 0.4) is 0 Å². The van der Waals surface area contributed by atoms with Gasteiger partial charge in [-0.05, 0) is 13.0 Å². The number of nitrogens with one attached hydrogen (secondary N) is 1. The summed E-state index contributed by atoms with van der Waals surface area (Å²) in [5, 5.41) is 3.91. The van der Waals surface area contributed by atoms with E-state index >= 15 is 0 Å². The number of rotatable bonds is 1. The van der Waals surface area contributed by atoms with Gasteiger partial charge in [0.1, 0.15) is 0 Å². The molecule has 2 unspecified atom stereocenters. The highest BCUT2D eigenvalue weighted by atomic mass is 127. The Balaban J connectivity index is 2.60. The van der Waals surface area contributed by atoms with Gasteiger partial charge in [-0.3, -0.25) is 0 Å².